The largest absolute Gasteiger partial charge is 0.316 e. The molecule has 1 fully saturated rings. The van der Waals surface area contributed by atoms with Gasteiger partial charge in [-0.05, 0) is 48.7 Å². The van der Waals surface area contributed by atoms with Crippen molar-refractivity contribution in [1.29, 1.82) is 0 Å². The van der Waals surface area contributed by atoms with Crippen LogP contribution in [0.25, 0.3) is 0 Å². The Kier molecular flexibility index (Phi) is 8.41. The zero-order chi connectivity index (χ0) is 12.6. The maximum Gasteiger partial charge on any atom is 0.209 e. The van der Waals surface area contributed by atoms with Crippen molar-refractivity contribution in [3.8, 4) is 0 Å². The average molecular weight is 306 g/mol. The molecule has 1 aliphatic carbocycles. The zero-order valence-corrected chi connectivity index (χ0v) is 13.2. The lowest BCUT2D eigenvalue weighted by atomic mass is 9.89. The fourth-order valence-electron chi connectivity index (χ4n) is 2.40. The standard InChI is InChI=1S/C12H23N5S.ClH/c1-17-12(14-15-16-17)18-9-5-8-13-10-11-6-3-2-4-7-11;/h11,13H,2-10H2,1H3;1H. The van der Waals surface area contributed by atoms with Gasteiger partial charge in [0.1, 0.15) is 0 Å². The molecule has 0 saturated heterocycles. The first-order valence-corrected chi connectivity index (χ1v) is 7.90. The van der Waals surface area contributed by atoms with Crippen molar-refractivity contribution in [2.45, 2.75) is 43.7 Å². The Hall–Kier alpha value is -0.330. The van der Waals surface area contributed by atoms with Crippen molar-refractivity contribution in [3.05, 3.63) is 0 Å². The van der Waals surface area contributed by atoms with Gasteiger partial charge in [0.2, 0.25) is 5.16 Å². The van der Waals surface area contributed by atoms with E-state index in [1.165, 1.54) is 45.1 Å². The predicted octanol–water partition coefficient (Wildman–Crippen LogP) is 2.28. The molecule has 7 heteroatoms. The lowest BCUT2D eigenvalue weighted by molar-refractivity contribution is 0.343. The molecular formula is C12H24ClN5S. The summed E-state index contributed by atoms with van der Waals surface area (Å²) in [5, 5.41) is 15.9. The molecule has 2 rings (SSSR count). The summed E-state index contributed by atoms with van der Waals surface area (Å²) in [6, 6.07) is 0. The van der Waals surface area contributed by atoms with Gasteiger partial charge in [-0.3, -0.25) is 0 Å². The molecule has 0 aliphatic heterocycles. The first-order chi connectivity index (χ1) is 8.86. The number of nitrogens with one attached hydrogen (secondary N) is 1. The maximum atomic E-state index is 3.95. The summed E-state index contributed by atoms with van der Waals surface area (Å²) >= 11 is 1.73. The highest BCUT2D eigenvalue weighted by Gasteiger charge is 2.12. The van der Waals surface area contributed by atoms with Gasteiger partial charge in [0, 0.05) is 12.8 Å². The molecular weight excluding hydrogens is 282 g/mol. The van der Waals surface area contributed by atoms with E-state index in [0.29, 0.717) is 0 Å². The summed E-state index contributed by atoms with van der Waals surface area (Å²) < 4.78 is 1.72. The van der Waals surface area contributed by atoms with Crippen LogP contribution in [0, 0.1) is 5.92 Å². The molecule has 0 spiro atoms. The van der Waals surface area contributed by atoms with Crippen LogP contribution in [0.1, 0.15) is 38.5 Å². The number of aromatic nitrogens is 4. The Morgan fingerprint density at radius 3 is 2.79 bits per heavy atom. The molecule has 0 amide bonds. The molecule has 1 N–H and O–H groups in total. The van der Waals surface area contributed by atoms with Crippen molar-refractivity contribution in [1.82, 2.24) is 25.5 Å². The second-order valence-electron chi connectivity index (χ2n) is 5.00. The van der Waals surface area contributed by atoms with Gasteiger partial charge >= 0.3 is 0 Å². The van der Waals surface area contributed by atoms with Gasteiger partial charge in [-0.1, -0.05) is 31.0 Å². The molecule has 0 unspecified atom stereocenters. The van der Waals surface area contributed by atoms with Crippen molar-refractivity contribution >= 4 is 24.2 Å². The third-order valence-corrected chi connectivity index (χ3v) is 4.56. The Balaban J connectivity index is 0.00000180. The zero-order valence-electron chi connectivity index (χ0n) is 11.5. The number of thioether (sulfide) groups is 1. The Morgan fingerprint density at radius 2 is 2.11 bits per heavy atom. The summed E-state index contributed by atoms with van der Waals surface area (Å²) in [7, 11) is 1.88. The first-order valence-electron chi connectivity index (χ1n) is 6.92. The minimum absolute atomic E-state index is 0. The highest BCUT2D eigenvalue weighted by molar-refractivity contribution is 7.99. The van der Waals surface area contributed by atoms with Gasteiger partial charge in [-0.25, -0.2) is 4.68 Å². The van der Waals surface area contributed by atoms with E-state index in [-0.39, 0.29) is 12.4 Å². The summed E-state index contributed by atoms with van der Waals surface area (Å²) in [4.78, 5) is 0. The topological polar surface area (TPSA) is 55.6 Å². The highest BCUT2D eigenvalue weighted by Crippen LogP contribution is 2.22. The fraction of sp³-hybridized carbons (Fsp3) is 0.917. The van der Waals surface area contributed by atoms with Crippen LogP contribution in [0.5, 0.6) is 0 Å². The number of nitrogens with zero attached hydrogens (tertiary/aromatic N) is 4. The van der Waals surface area contributed by atoms with E-state index in [2.05, 4.69) is 20.8 Å². The minimum atomic E-state index is 0. The van der Waals surface area contributed by atoms with Crippen LogP contribution < -0.4 is 5.32 Å². The molecule has 19 heavy (non-hydrogen) atoms. The van der Waals surface area contributed by atoms with Crippen LogP contribution in [0.4, 0.5) is 0 Å². The van der Waals surface area contributed by atoms with Crippen molar-refractivity contribution < 1.29 is 0 Å². The lowest BCUT2D eigenvalue weighted by Crippen LogP contribution is -2.25. The molecule has 0 radical (unpaired) electrons. The molecule has 1 aromatic rings. The number of halogens is 1. The highest BCUT2D eigenvalue weighted by atomic mass is 35.5. The summed E-state index contributed by atoms with van der Waals surface area (Å²) in [6.45, 7) is 2.31. The van der Waals surface area contributed by atoms with Gasteiger partial charge < -0.3 is 5.32 Å². The van der Waals surface area contributed by atoms with Gasteiger partial charge in [-0.15, -0.1) is 17.5 Å². The average Bonchev–Trinajstić information content (AvgIpc) is 2.81. The molecule has 1 heterocycles. The summed E-state index contributed by atoms with van der Waals surface area (Å²) in [6.07, 6.45) is 8.32. The van der Waals surface area contributed by atoms with E-state index in [9.17, 15) is 0 Å². The number of tetrazole rings is 1. The van der Waals surface area contributed by atoms with Crippen molar-refractivity contribution in [3.63, 3.8) is 0 Å². The lowest BCUT2D eigenvalue weighted by Gasteiger charge is -2.21. The third kappa shape index (κ3) is 6.10. The van der Waals surface area contributed by atoms with Gasteiger partial charge in [0.05, 0.1) is 0 Å². The van der Waals surface area contributed by atoms with E-state index in [1.807, 2.05) is 7.05 Å². The van der Waals surface area contributed by atoms with Crippen molar-refractivity contribution in [2.75, 3.05) is 18.8 Å². The van der Waals surface area contributed by atoms with E-state index in [1.54, 1.807) is 16.4 Å². The van der Waals surface area contributed by atoms with Crippen LogP contribution in [-0.2, 0) is 7.05 Å². The van der Waals surface area contributed by atoms with E-state index in [4.69, 9.17) is 0 Å². The molecule has 0 aromatic carbocycles. The maximum absolute atomic E-state index is 3.95. The number of hydrogen-bond acceptors (Lipinski definition) is 5. The van der Waals surface area contributed by atoms with Crippen LogP contribution in [0.2, 0.25) is 0 Å². The Morgan fingerprint density at radius 1 is 1.32 bits per heavy atom. The molecule has 1 saturated carbocycles. The third-order valence-electron chi connectivity index (χ3n) is 3.47. The minimum Gasteiger partial charge on any atom is -0.316 e. The normalized spacial score (nSPS) is 16.3. The molecule has 1 aromatic heterocycles. The monoisotopic (exact) mass is 305 g/mol. The number of hydrogen-bond donors (Lipinski definition) is 1. The second kappa shape index (κ2) is 9.55. The Bertz CT molecular complexity index is 341. The molecule has 5 nitrogen and oxygen atoms in total. The number of aryl methyl sites for hydroxylation is 1. The second-order valence-corrected chi connectivity index (χ2v) is 6.06. The first kappa shape index (κ1) is 16.7. The van der Waals surface area contributed by atoms with E-state index >= 15 is 0 Å². The molecule has 0 bridgehead atoms. The smallest absolute Gasteiger partial charge is 0.209 e. The summed E-state index contributed by atoms with van der Waals surface area (Å²) in [5.74, 6) is 2.00. The SMILES string of the molecule is Cl.Cn1nnnc1SCCCNCC1CCCCC1. The van der Waals surface area contributed by atoms with Gasteiger partial charge in [0.15, 0.2) is 0 Å². The van der Waals surface area contributed by atoms with Crippen LogP contribution >= 0.6 is 24.2 Å². The van der Waals surface area contributed by atoms with Crippen molar-refractivity contribution in [2.24, 2.45) is 13.0 Å². The van der Waals surface area contributed by atoms with E-state index in [0.717, 1.165) is 23.4 Å². The van der Waals surface area contributed by atoms with E-state index < -0.39 is 0 Å². The predicted molar refractivity (Wildman–Crippen MR) is 80.8 cm³/mol. The quantitative estimate of drug-likeness (QED) is 0.619. The van der Waals surface area contributed by atoms with Gasteiger partial charge in [0.25, 0.3) is 0 Å². The number of rotatable bonds is 7. The summed E-state index contributed by atoms with van der Waals surface area (Å²) in [5.41, 5.74) is 0. The van der Waals surface area contributed by atoms with Crippen LogP contribution in [-0.4, -0.2) is 39.0 Å². The molecule has 110 valence electrons. The molecule has 0 atom stereocenters. The van der Waals surface area contributed by atoms with Crippen LogP contribution in [0.15, 0.2) is 5.16 Å². The molecule has 1 aliphatic rings. The van der Waals surface area contributed by atoms with Gasteiger partial charge in [-0.2, -0.15) is 0 Å². The Labute approximate surface area is 125 Å². The van der Waals surface area contributed by atoms with Crippen LogP contribution in [0.3, 0.4) is 0 Å². The fourth-order valence-corrected chi connectivity index (χ4v) is 3.19.